The Bertz CT molecular complexity index is 409. The SMILES string of the molecule is O=C(NCCCl)C(=O)NCCc1ccc(F)cc1. The fourth-order valence-electron chi connectivity index (χ4n) is 1.29. The van der Waals surface area contributed by atoms with Crippen molar-refractivity contribution >= 4 is 23.4 Å². The summed E-state index contributed by atoms with van der Waals surface area (Å²) in [5.41, 5.74) is 0.887. The molecule has 18 heavy (non-hydrogen) atoms. The van der Waals surface area contributed by atoms with Gasteiger partial charge in [-0.3, -0.25) is 9.59 Å². The molecule has 0 fully saturated rings. The molecule has 2 N–H and O–H groups in total. The number of hydrogen-bond acceptors (Lipinski definition) is 2. The van der Waals surface area contributed by atoms with Crippen LogP contribution in [0.3, 0.4) is 0 Å². The largest absolute Gasteiger partial charge is 0.348 e. The second kappa shape index (κ2) is 7.66. The molecule has 0 saturated heterocycles. The fourth-order valence-corrected chi connectivity index (χ4v) is 1.39. The van der Waals surface area contributed by atoms with E-state index in [1.165, 1.54) is 12.1 Å². The molecule has 0 aliphatic rings. The predicted molar refractivity (Wildman–Crippen MR) is 66.8 cm³/mol. The van der Waals surface area contributed by atoms with Gasteiger partial charge in [-0.2, -0.15) is 0 Å². The lowest BCUT2D eigenvalue weighted by atomic mass is 10.1. The number of alkyl halides is 1. The normalized spacial score (nSPS) is 9.89. The molecule has 0 heterocycles. The predicted octanol–water partition coefficient (Wildman–Crippen LogP) is 0.839. The highest BCUT2D eigenvalue weighted by Crippen LogP contribution is 2.02. The number of carbonyl (C=O) groups is 2. The maximum absolute atomic E-state index is 12.6. The summed E-state index contributed by atoms with van der Waals surface area (Å²) in [4.78, 5) is 22.4. The van der Waals surface area contributed by atoms with Crippen LogP contribution in [0.15, 0.2) is 24.3 Å². The van der Waals surface area contributed by atoms with Gasteiger partial charge in [-0.25, -0.2) is 4.39 Å². The molecule has 0 spiro atoms. The van der Waals surface area contributed by atoms with Crippen LogP contribution in [0, 0.1) is 5.82 Å². The Hall–Kier alpha value is -1.62. The number of hydrogen-bond donors (Lipinski definition) is 2. The molecule has 2 amide bonds. The highest BCUT2D eigenvalue weighted by Gasteiger charge is 2.11. The molecule has 1 aromatic rings. The van der Waals surface area contributed by atoms with E-state index in [-0.39, 0.29) is 18.2 Å². The van der Waals surface area contributed by atoms with E-state index >= 15 is 0 Å². The second-order valence-corrected chi connectivity index (χ2v) is 3.96. The lowest BCUT2D eigenvalue weighted by molar-refractivity contribution is -0.139. The first-order valence-corrected chi connectivity index (χ1v) is 6.03. The number of benzene rings is 1. The number of halogens is 2. The van der Waals surface area contributed by atoms with Gasteiger partial charge in [-0.1, -0.05) is 12.1 Å². The number of nitrogens with one attached hydrogen (secondary N) is 2. The molecule has 98 valence electrons. The Morgan fingerprint density at radius 3 is 2.17 bits per heavy atom. The van der Waals surface area contributed by atoms with Crippen LogP contribution < -0.4 is 10.6 Å². The molecule has 0 saturated carbocycles. The average molecular weight is 273 g/mol. The highest BCUT2D eigenvalue weighted by molar-refractivity contribution is 6.35. The lowest BCUT2D eigenvalue weighted by Gasteiger charge is -2.05. The standard InChI is InChI=1S/C12H14ClFN2O2/c13-6-8-16-12(18)11(17)15-7-5-9-1-3-10(14)4-2-9/h1-4H,5-8H2,(H,15,17)(H,16,18). The van der Waals surface area contributed by atoms with Gasteiger partial charge in [0.2, 0.25) is 0 Å². The van der Waals surface area contributed by atoms with Crippen molar-refractivity contribution in [2.45, 2.75) is 6.42 Å². The maximum Gasteiger partial charge on any atom is 0.309 e. The van der Waals surface area contributed by atoms with Crippen LogP contribution in [0.2, 0.25) is 0 Å². The highest BCUT2D eigenvalue weighted by atomic mass is 35.5. The van der Waals surface area contributed by atoms with Gasteiger partial charge in [-0.05, 0) is 24.1 Å². The van der Waals surface area contributed by atoms with Crippen LogP contribution in [0.5, 0.6) is 0 Å². The van der Waals surface area contributed by atoms with E-state index in [4.69, 9.17) is 11.6 Å². The summed E-state index contributed by atoms with van der Waals surface area (Å²) in [6.45, 7) is 0.574. The van der Waals surface area contributed by atoms with Crippen molar-refractivity contribution in [3.8, 4) is 0 Å². The molecule has 0 aromatic heterocycles. The number of amides is 2. The summed E-state index contributed by atoms with van der Waals surface area (Å²) in [6.07, 6.45) is 0.537. The van der Waals surface area contributed by atoms with Crippen molar-refractivity contribution in [3.05, 3.63) is 35.6 Å². The zero-order chi connectivity index (χ0) is 13.4. The molecule has 0 atom stereocenters. The quantitative estimate of drug-likeness (QED) is 0.616. The van der Waals surface area contributed by atoms with E-state index in [0.29, 0.717) is 13.0 Å². The monoisotopic (exact) mass is 272 g/mol. The Kier molecular flexibility index (Phi) is 6.14. The smallest absolute Gasteiger partial charge is 0.309 e. The average Bonchev–Trinajstić information content (AvgIpc) is 2.38. The minimum absolute atomic E-state index is 0.256. The maximum atomic E-state index is 12.6. The minimum Gasteiger partial charge on any atom is -0.348 e. The summed E-state index contributed by atoms with van der Waals surface area (Å²) in [5.74, 6) is -1.44. The molecule has 0 bridgehead atoms. The van der Waals surface area contributed by atoms with Gasteiger partial charge in [0.25, 0.3) is 0 Å². The molecule has 0 unspecified atom stereocenters. The van der Waals surface area contributed by atoms with Gasteiger partial charge in [0.1, 0.15) is 5.82 Å². The van der Waals surface area contributed by atoms with Gasteiger partial charge in [-0.15, -0.1) is 11.6 Å². The molecular formula is C12H14ClFN2O2. The third kappa shape index (κ3) is 5.14. The van der Waals surface area contributed by atoms with E-state index < -0.39 is 11.8 Å². The zero-order valence-electron chi connectivity index (χ0n) is 9.71. The van der Waals surface area contributed by atoms with Crippen molar-refractivity contribution in [1.82, 2.24) is 10.6 Å². The number of carbonyl (C=O) groups excluding carboxylic acids is 2. The Morgan fingerprint density at radius 1 is 1.06 bits per heavy atom. The third-order valence-electron chi connectivity index (χ3n) is 2.20. The van der Waals surface area contributed by atoms with Crippen LogP contribution in [-0.4, -0.2) is 30.8 Å². The van der Waals surface area contributed by atoms with Crippen molar-refractivity contribution < 1.29 is 14.0 Å². The van der Waals surface area contributed by atoms with Crippen LogP contribution in [0.1, 0.15) is 5.56 Å². The first-order valence-electron chi connectivity index (χ1n) is 5.50. The van der Waals surface area contributed by atoms with Crippen LogP contribution in [0.4, 0.5) is 4.39 Å². The van der Waals surface area contributed by atoms with Crippen molar-refractivity contribution in [3.63, 3.8) is 0 Å². The van der Waals surface area contributed by atoms with E-state index in [0.717, 1.165) is 5.56 Å². The Balaban J connectivity index is 2.27. The molecule has 1 rings (SSSR count). The van der Waals surface area contributed by atoms with Crippen molar-refractivity contribution in [2.24, 2.45) is 0 Å². The molecular weight excluding hydrogens is 259 g/mol. The van der Waals surface area contributed by atoms with Crippen LogP contribution in [0.25, 0.3) is 0 Å². The van der Waals surface area contributed by atoms with E-state index in [1.807, 2.05) is 0 Å². The van der Waals surface area contributed by atoms with E-state index in [9.17, 15) is 14.0 Å². The van der Waals surface area contributed by atoms with Gasteiger partial charge in [0.05, 0.1) is 0 Å². The molecule has 1 aromatic carbocycles. The van der Waals surface area contributed by atoms with Crippen LogP contribution in [-0.2, 0) is 16.0 Å². The van der Waals surface area contributed by atoms with Gasteiger partial charge < -0.3 is 10.6 Å². The second-order valence-electron chi connectivity index (χ2n) is 3.58. The van der Waals surface area contributed by atoms with Crippen molar-refractivity contribution in [1.29, 1.82) is 0 Å². The minimum atomic E-state index is -0.699. The first-order chi connectivity index (χ1) is 8.63. The molecule has 0 aliphatic carbocycles. The summed E-state index contributed by atoms with van der Waals surface area (Å²) in [5, 5.41) is 4.82. The molecule has 0 radical (unpaired) electrons. The van der Waals surface area contributed by atoms with Crippen LogP contribution >= 0.6 is 11.6 Å². The van der Waals surface area contributed by atoms with E-state index in [1.54, 1.807) is 12.1 Å². The van der Waals surface area contributed by atoms with Gasteiger partial charge >= 0.3 is 11.8 Å². The summed E-state index contributed by atoms with van der Waals surface area (Å²) >= 11 is 5.37. The van der Waals surface area contributed by atoms with E-state index in [2.05, 4.69) is 10.6 Å². The first kappa shape index (κ1) is 14.4. The number of rotatable bonds is 5. The molecule has 6 heteroatoms. The topological polar surface area (TPSA) is 58.2 Å². The lowest BCUT2D eigenvalue weighted by Crippen LogP contribution is -2.41. The third-order valence-corrected chi connectivity index (χ3v) is 2.39. The summed E-state index contributed by atoms with van der Waals surface area (Å²) in [7, 11) is 0. The summed E-state index contributed by atoms with van der Waals surface area (Å²) < 4.78 is 12.6. The Morgan fingerprint density at radius 2 is 1.61 bits per heavy atom. The fraction of sp³-hybridized carbons (Fsp3) is 0.333. The van der Waals surface area contributed by atoms with Crippen molar-refractivity contribution in [2.75, 3.05) is 19.0 Å². The summed E-state index contributed by atoms with van der Waals surface area (Å²) in [6, 6.07) is 5.97. The Labute approximate surface area is 110 Å². The van der Waals surface area contributed by atoms with Gasteiger partial charge in [0, 0.05) is 19.0 Å². The zero-order valence-corrected chi connectivity index (χ0v) is 10.5. The molecule has 0 aliphatic heterocycles. The van der Waals surface area contributed by atoms with Gasteiger partial charge in [0.15, 0.2) is 0 Å². The molecule has 4 nitrogen and oxygen atoms in total.